The van der Waals surface area contributed by atoms with Gasteiger partial charge < -0.3 is 9.64 Å². The third-order valence-corrected chi connectivity index (χ3v) is 4.90. The van der Waals surface area contributed by atoms with E-state index in [4.69, 9.17) is 15.4 Å². The lowest BCUT2D eigenvalue weighted by atomic mass is 10.1. The second kappa shape index (κ2) is 5.94. The first-order valence-corrected chi connectivity index (χ1v) is 8.91. The van der Waals surface area contributed by atoms with Gasteiger partial charge in [-0.15, -0.1) is 0 Å². The summed E-state index contributed by atoms with van der Waals surface area (Å²) in [4.78, 5) is 13.8. The largest absolute Gasteiger partial charge is 0.380 e. The maximum absolute atomic E-state index is 12.5. The fraction of sp³-hybridized carbons (Fsp3) is 0.667. The molecule has 0 aromatic carbocycles. The molecule has 1 fully saturated rings. The summed E-state index contributed by atoms with van der Waals surface area (Å²) in [7, 11) is 3.00. The Labute approximate surface area is 128 Å². The van der Waals surface area contributed by atoms with Gasteiger partial charge in [0.05, 0.1) is 11.8 Å². The zero-order valence-electron chi connectivity index (χ0n) is 12.1. The first-order chi connectivity index (χ1) is 9.75. The van der Waals surface area contributed by atoms with E-state index in [9.17, 15) is 13.2 Å². The van der Waals surface area contributed by atoms with Gasteiger partial charge in [0, 0.05) is 30.9 Å². The van der Waals surface area contributed by atoms with Crippen molar-refractivity contribution in [2.45, 2.75) is 37.2 Å². The zero-order valence-corrected chi connectivity index (χ0v) is 13.7. The third kappa shape index (κ3) is 3.22. The standard InChI is InChI=1S/C12H18ClN3O4S/c1-7(2)9-11(21(13,18)19)10(15-14-9)12(17)16-5-4-8(6-16)20-3/h7-8H,4-6H2,1-3H3,(H,14,15). The van der Waals surface area contributed by atoms with Gasteiger partial charge in [0.15, 0.2) is 5.69 Å². The monoisotopic (exact) mass is 335 g/mol. The summed E-state index contributed by atoms with van der Waals surface area (Å²) in [5, 5.41) is 6.50. The molecule has 1 atom stereocenters. The molecule has 1 saturated heterocycles. The molecule has 21 heavy (non-hydrogen) atoms. The fourth-order valence-corrected chi connectivity index (χ4v) is 3.76. The lowest BCUT2D eigenvalue weighted by molar-refractivity contribution is 0.0715. The van der Waals surface area contributed by atoms with Crippen LogP contribution in [0.25, 0.3) is 0 Å². The molecule has 118 valence electrons. The number of ether oxygens (including phenoxy) is 1. The average Bonchev–Trinajstić information content (AvgIpc) is 3.03. The van der Waals surface area contributed by atoms with Crippen LogP contribution in [0.2, 0.25) is 0 Å². The second-order valence-corrected chi connectivity index (χ2v) is 7.81. The summed E-state index contributed by atoms with van der Waals surface area (Å²) < 4.78 is 28.8. The van der Waals surface area contributed by atoms with E-state index in [-0.39, 0.29) is 22.6 Å². The molecular weight excluding hydrogens is 318 g/mol. The van der Waals surface area contributed by atoms with Crippen LogP contribution in [0, 0.1) is 0 Å². The second-order valence-electron chi connectivity index (χ2n) is 5.31. The van der Waals surface area contributed by atoms with Crippen LogP contribution < -0.4 is 0 Å². The molecule has 1 aromatic rings. The molecular formula is C12H18ClN3O4S. The molecule has 0 saturated carbocycles. The highest BCUT2D eigenvalue weighted by atomic mass is 35.7. The van der Waals surface area contributed by atoms with Crippen molar-refractivity contribution in [3.8, 4) is 0 Å². The molecule has 7 nitrogen and oxygen atoms in total. The molecule has 0 bridgehead atoms. The van der Waals surface area contributed by atoms with Gasteiger partial charge in [0.25, 0.3) is 15.0 Å². The third-order valence-electron chi connectivity index (χ3n) is 3.54. The van der Waals surface area contributed by atoms with E-state index >= 15 is 0 Å². The average molecular weight is 336 g/mol. The maximum atomic E-state index is 12.5. The lowest BCUT2D eigenvalue weighted by Crippen LogP contribution is -2.31. The van der Waals surface area contributed by atoms with Gasteiger partial charge in [-0.3, -0.25) is 9.89 Å². The molecule has 1 unspecified atom stereocenters. The van der Waals surface area contributed by atoms with Crippen molar-refractivity contribution < 1.29 is 17.9 Å². The highest BCUT2D eigenvalue weighted by Gasteiger charge is 2.34. The SMILES string of the molecule is COC1CCN(C(=O)c2n[nH]c(C(C)C)c2S(=O)(=O)Cl)C1. The van der Waals surface area contributed by atoms with Crippen LogP contribution in [-0.4, -0.2) is 55.7 Å². The Hall–Kier alpha value is -1.12. The van der Waals surface area contributed by atoms with E-state index < -0.39 is 15.0 Å². The Morgan fingerprint density at radius 2 is 2.19 bits per heavy atom. The van der Waals surface area contributed by atoms with Crippen LogP contribution in [-0.2, 0) is 13.8 Å². The number of H-pyrrole nitrogens is 1. The number of hydrogen-bond donors (Lipinski definition) is 1. The first kappa shape index (κ1) is 16.3. The number of amides is 1. The van der Waals surface area contributed by atoms with E-state index in [1.54, 1.807) is 21.0 Å². The minimum Gasteiger partial charge on any atom is -0.380 e. The summed E-state index contributed by atoms with van der Waals surface area (Å²) in [5.41, 5.74) is 0.196. The number of aromatic amines is 1. The summed E-state index contributed by atoms with van der Waals surface area (Å²) in [6, 6.07) is 0. The van der Waals surface area contributed by atoms with E-state index in [1.807, 2.05) is 0 Å². The summed E-state index contributed by atoms with van der Waals surface area (Å²) >= 11 is 0. The van der Waals surface area contributed by atoms with Crippen molar-refractivity contribution in [3.63, 3.8) is 0 Å². The topological polar surface area (TPSA) is 92.4 Å². The highest BCUT2D eigenvalue weighted by molar-refractivity contribution is 8.13. The van der Waals surface area contributed by atoms with Crippen LogP contribution in [0.5, 0.6) is 0 Å². The minimum atomic E-state index is -4.06. The molecule has 1 aliphatic heterocycles. The molecule has 0 spiro atoms. The van der Waals surface area contributed by atoms with Crippen molar-refractivity contribution in [2.24, 2.45) is 0 Å². The number of aromatic nitrogens is 2. The zero-order chi connectivity index (χ0) is 15.8. The molecule has 2 rings (SSSR count). The number of nitrogens with one attached hydrogen (secondary N) is 1. The number of likely N-dealkylation sites (tertiary alicyclic amines) is 1. The van der Waals surface area contributed by atoms with Gasteiger partial charge in [-0.05, 0) is 12.3 Å². The van der Waals surface area contributed by atoms with Gasteiger partial charge in [0.1, 0.15) is 4.90 Å². The van der Waals surface area contributed by atoms with Crippen molar-refractivity contribution in [1.82, 2.24) is 15.1 Å². The number of rotatable bonds is 4. The van der Waals surface area contributed by atoms with E-state index in [1.165, 1.54) is 4.90 Å². The van der Waals surface area contributed by atoms with Gasteiger partial charge in [0.2, 0.25) is 0 Å². The van der Waals surface area contributed by atoms with Crippen molar-refractivity contribution in [3.05, 3.63) is 11.4 Å². The molecule has 1 N–H and O–H groups in total. The van der Waals surface area contributed by atoms with E-state index in [2.05, 4.69) is 10.2 Å². The Kier molecular flexibility index (Phi) is 4.60. The molecule has 0 aliphatic carbocycles. The van der Waals surface area contributed by atoms with Crippen LogP contribution in [0.1, 0.15) is 42.4 Å². The number of carbonyl (C=O) groups is 1. The van der Waals surface area contributed by atoms with E-state index in [0.717, 1.165) is 0 Å². The van der Waals surface area contributed by atoms with Crippen molar-refractivity contribution in [1.29, 1.82) is 0 Å². The number of nitrogens with zero attached hydrogens (tertiary/aromatic N) is 2. The van der Waals surface area contributed by atoms with Crippen LogP contribution >= 0.6 is 10.7 Å². The molecule has 0 radical (unpaired) electrons. The lowest BCUT2D eigenvalue weighted by Gasteiger charge is -2.15. The van der Waals surface area contributed by atoms with Crippen molar-refractivity contribution >= 4 is 25.6 Å². The minimum absolute atomic E-state index is 0.0338. The van der Waals surface area contributed by atoms with Gasteiger partial charge >= 0.3 is 0 Å². The summed E-state index contributed by atoms with van der Waals surface area (Å²) in [5.74, 6) is -0.593. The molecule has 1 aliphatic rings. The smallest absolute Gasteiger partial charge is 0.275 e. The number of hydrogen-bond acceptors (Lipinski definition) is 5. The quantitative estimate of drug-likeness (QED) is 0.838. The van der Waals surface area contributed by atoms with Crippen molar-refractivity contribution in [2.75, 3.05) is 20.2 Å². The Morgan fingerprint density at radius 1 is 1.52 bits per heavy atom. The Bertz CT molecular complexity index is 641. The van der Waals surface area contributed by atoms with Gasteiger partial charge in [-0.1, -0.05) is 13.8 Å². The highest BCUT2D eigenvalue weighted by Crippen LogP contribution is 2.29. The fourth-order valence-electron chi connectivity index (χ4n) is 2.38. The molecule has 1 amide bonds. The normalized spacial score (nSPS) is 19.5. The Morgan fingerprint density at radius 3 is 2.67 bits per heavy atom. The number of methoxy groups -OCH3 is 1. The molecule has 2 heterocycles. The number of carbonyl (C=O) groups excluding carboxylic acids is 1. The van der Waals surface area contributed by atoms with Crippen LogP contribution in [0.15, 0.2) is 4.90 Å². The Balaban J connectivity index is 2.39. The maximum Gasteiger partial charge on any atom is 0.275 e. The first-order valence-electron chi connectivity index (χ1n) is 6.60. The van der Waals surface area contributed by atoms with Gasteiger partial charge in [-0.2, -0.15) is 5.10 Å². The summed E-state index contributed by atoms with van der Waals surface area (Å²) in [6.07, 6.45) is 0.681. The van der Waals surface area contributed by atoms with E-state index in [0.29, 0.717) is 25.2 Å². The van der Waals surface area contributed by atoms with Crippen LogP contribution in [0.4, 0.5) is 0 Å². The predicted octanol–water partition coefficient (Wildman–Crippen LogP) is 1.32. The number of halogens is 1. The molecule has 1 aromatic heterocycles. The van der Waals surface area contributed by atoms with Gasteiger partial charge in [-0.25, -0.2) is 8.42 Å². The molecule has 9 heteroatoms. The summed E-state index contributed by atoms with van der Waals surface area (Å²) in [6.45, 7) is 4.51. The predicted molar refractivity (Wildman–Crippen MR) is 77.0 cm³/mol. The van der Waals surface area contributed by atoms with Crippen LogP contribution in [0.3, 0.4) is 0 Å².